The smallest absolute Gasteiger partial charge is 0.261 e. The van der Waals surface area contributed by atoms with Crippen LogP contribution in [-0.4, -0.2) is 13.4 Å². The Hall–Kier alpha value is -3.64. The van der Waals surface area contributed by atoms with Gasteiger partial charge in [0.05, 0.1) is 16.8 Å². The summed E-state index contributed by atoms with van der Waals surface area (Å²) in [6.07, 6.45) is 1.12. The predicted molar refractivity (Wildman–Crippen MR) is 117 cm³/mol. The van der Waals surface area contributed by atoms with Crippen molar-refractivity contribution in [3.05, 3.63) is 120 Å². The topological polar surface area (TPSA) is 68.3 Å². The second-order valence-corrected chi connectivity index (χ2v) is 8.31. The van der Waals surface area contributed by atoms with Crippen molar-refractivity contribution in [2.24, 2.45) is 0 Å². The Morgan fingerprint density at radius 2 is 1.23 bits per heavy atom. The molecule has 1 aromatic heterocycles. The largest absolute Gasteiger partial charge is 0.465 e. The van der Waals surface area contributed by atoms with Crippen LogP contribution in [-0.2, 0) is 10.0 Å². The highest BCUT2D eigenvalue weighted by Gasteiger charge is 2.17. The first kappa shape index (κ1) is 19.7. The lowest BCUT2D eigenvalue weighted by Gasteiger charge is -2.19. The van der Waals surface area contributed by atoms with E-state index in [1.54, 1.807) is 30.3 Å². The molecule has 0 aliphatic rings. The van der Waals surface area contributed by atoms with E-state index in [0.717, 1.165) is 11.1 Å². The molecule has 0 aliphatic heterocycles. The molecule has 0 radical (unpaired) electrons. The van der Waals surface area contributed by atoms with E-state index in [0.29, 0.717) is 11.6 Å². The van der Waals surface area contributed by atoms with Gasteiger partial charge in [-0.2, -0.15) is 0 Å². The molecular formula is C24H20N2O3S. The molecule has 0 saturated heterocycles. The maximum atomic E-state index is 12.5. The van der Waals surface area contributed by atoms with Crippen LogP contribution in [0.5, 0.6) is 5.88 Å². The molecule has 0 unspecified atom stereocenters. The van der Waals surface area contributed by atoms with E-state index in [4.69, 9.17) is 4.74 Å². The highest BCUT2D eigenvalue weighted by atomic mass is 32.2. The van der Waals surface area contributed by atoms with Gasteiger partial charge in [0, 0.05) is 6.07 Å². The maximum Gasteiger partial charge on any atom is 0.261 e. The first-order valence-corrected chi connectivity index (χ1v) is 10.9. The molecule has 30 heavy (non-hydrogen) atoms. The molecule has 3 aromatic carbocycles. The van der Waals surface area contributed by atoms with Gasteiger partial charge in [-0.25, -0.2) is 13.4 Å². The number of aromatic nitrogens is 1. The van der Waals surface area contributed by atoms with Crippen molar-refractivity contribution in [3.63, 3.8) is 0 Å². The normalized spacial score (nSPS) is 11.2. The number of nitrogens with one attached hydrogen (secondary N) is 1. The summed E-state index contributed by atoms with van der Waals surface area (Å²) in [6, 6.07) is 31.2. The number of rotatable bonds is 7. The summed E-state index contributed by atoms with van der Waals surface area (Å²) in [5, 5.41) is 0. The fourth-order valence-electron chi connectivity index (χ4n) is 3.03. The zero-order chi connectivity index (χ0) is 20.8. The van der Waals surface area contributed by atoms with E-state index < -0.39 is 10.0 Å². The minimum atomic E-state index is -3.67. The summed E-state index contributed by atoms with van der Waals surface area (Å²) >= 11 is 0. The molecule has 6 heteroatoms. The monoisotopic (exact) mass is 416 g/mol. The van der Waals surface area contributed by atoms with Gasteiger partial charge in [0.25, 0.3) is 10.0 Å². The maximum absolute atomic E-state index is 12.5. The van der Waals surface area contributed by atoms with E-state index in [2.05, 4.69) is 9.71 Å². The average molecular weight is 417 g/mol. The van der Waals surface area contributed by atoms with Crippen molar-refractivity contribution in [3.8, 4) is 5.88 Å². The summed E-state index contributed by atoms with van der Waals surface area (Å²) in [5.74, 6) is 0.398. The average Bonchev–Trinajstić information content (AvgIpc) is 2.80. The minimum Gasteiger partial charge on any atom is -0.465 e. The molecule has 4 rings (SSSR count). The van der Waals surface area contributed by atoms with Crippen molar-refractivity contribution < 1.29 is 13.2 Å². The van der Waals surface area contributed by atoms with Gasteiger partial charge in [0.1, 0.15) is 0 Å². The molecule has 0 saturated carbocycles. The SMILES string of the molecule is O=S(=O)(Nc1ccc(OC(c2ccccc2)c2ccccc2)nc1)c1ccccc1. The third-order valence-electron chi connectivity index (χ3n) is 4.49. The Kier molecular flexibility index (Phi) is 5.77. The fourth-order valence-corrected chi connectivity index (χ4v) is 4.09. The van der Waals surface area contributed by atoms with Crippen LogP contribution < -0.4 is 9.46 Å². The number of anilines is 1. The van der Waals surface area contributed by atoms with Crippen LogP contribution >= 0.6 is 0 Å². The van der Waals surface area contributed by atoms with Crippen molar-refractivity contribution in [2.45, 2.75) is 11.0 Å². The number of hydrogen-bond acceptors (Lipinski definition) is 4. The van der Waals surface area contributed by atoms with E-state index in [9.17, 15) is 8.42 Å². The predicted octanol–water partition coefficient (Wildman–Crippen LogP) is 5.05. The lowest BCUT2D eigenvalue weighted by atomic mass is 10.0. The lowest BCUT2D eigenvalue weighted by molar-refractivity contribution is 0.237. The number of sulfonamides is 1. The van der Waals surface area contributed by atoms with Crippen LogP contribution in [0.4, 0.5) is 5.69 Å². The van der Waals surface area contributed by atoms with Crippen LogP contribution in [0.1, 0.15) is 17.2 Å². The molecule has 0 fully saturated rings. The van der Waals surface area contributed by atoms with E-state index in [1.165, 1.54) is 18.3 Å². The van der Waals surface area contributed by atoms with E-state index in [1.807, 2.05) is 60.7 Å². The lowest BCUT2D eigenvalue weighted by Crippen LogP contribution is -2.13. The summed E-state index contributed by atoms with van der Waals surface area (Å²) in [5.41, 5.74) is 2.36. The van der Waals surface area contributed by atoms with Gasteiger partial charge in [-0.15, -0.1) is 0 Å². The number of pyridine rings is 1. The molecule has 5 nitrogen and oxygen atoms in total. The van der Waals surface area contributed by atoms with Crippen molar-refractivity contribution in [1.82, 2.24) is 4.98 Å². The Morgan fingerprint density at radius 1 is 0.700 bits per heavy atom. The van der Waals surface area contributed by atoms with Crippen LogP contribution in [0, 0.1) is 0 Å². The number of ether oxygens (including phenoxy) is 1. The summed E-state index contributed by atoms with van der Waals surface area (Å²) in [4.78, 5) is 4.49. The van der Waals surface area contributed by atoms with Crippen LogP contribution in [0.3, 0.4) is 0 Å². The molecule has 0 aliphatic carbocycles. The Bertz CT molecular complexity index is 1140. The summed E-state index contributed by atoms with van der Waals surface area (Å²) in [6.45, 7) is 0. The van der Waals surface area contributed by atoms with Crippen LogP contribution in [0.2, 0.25) is 0 Å². The van der Waals surface area contributed by atoms with Gasteiger partial charge in [-0.05, 0) is 29.3 Å². The molecular weight excluding hydrogens is 396 g/mol. The fraction of sp³-hybridized carbons (Fsp3) is 0.0417. The van der Waals surface area contributed by atoms with Gasteiger partial charge >= 0.3 is 0 Å². The van der Waals surface area contributed by atoms with Crippen LogP contribution in [0.25, 0.3) is 0 Å². The van der Waals surface area contributed by atoms with E-state index in [-0.39, 0.29) is 11.0 Å². The molecule has 0 amide bonds. The van der Waals surface area contributed by atoms with Crippen molar-refractivity contribution in [1.29, 1.82) is 0 Å². The number of benzene rings is 3. The Balaban J connectivity index is 1.54. The second kappa shape index (κ2) is 8.80. The third kappa shape index (κ3) is 4.67. The van der Waals surface area contributed by atoms with Crippen LogP contribution in [0.15, 0.2) is 114 Å². The molecule has 150 valence electrons. The van der Waals surface area contributed by atoms with Gasteiger partial charge < -0.3 is 4.74 Å². The van der Waals surface area contributed by atoms with Gasteiger partial charge in [-0.1, -0.05) is 78.9 Å². The molecule has 1 heterocycles. The molecule has 1 N–H and O–H groups in total. The molecule has 0 spiro atoms. The summed E-state index contributed by atoms with van der Waals surface area (Å²) in [7, 11) is -3.67. The standard InChI is InChI=1S/C24H20N2O3S/c27-30(28,22-14-8-3-9-15-22)26-21-16-17-23(25-18-21)29-24(19-10-4-1-5-11-19)20-12-6-2-7-13-20/h1-18,24,26H. The van der Waals surface area contributed by atoms with E-state index >= 15 is 0 Å². The number of nitrogens with zero attached hydrogens (tertiary/aromatic N) is 1. The molecule has 0 bridgehead atoms. The van der Waals surface area contributed by atoms with Crippen molar-refractivity contribution >= 4 is 15.7 Å². The Morgan fingerprint density at radius 3 is 1.73 bits per heavy atom. The highest BCUT2D eigenvalue weighted by molar-refractivity contribution is 7.92. The minimum absolute atomic E-state index is 0.193. The number of hydrogen-bond donors (Lipinski definition) is 1. The highest BCUT2D eigenvalue weighted by Crippen LogP contribution is 2.28. The quantitative estimate of drug-likeness (QED) is 0.458. The third-order valence-corrected chi connectivity index (χ3v) is 5.88. The first-order chi connectivity index (χ1) is 14.6. The van der Waals surface area contributed by atoms with Crippen molar-refractivity contribution in [2.75, 3.05) is 4.72 Å². The van der Waals surface area contributed by atoms with Gasteiger partial charge in [0.15, 0.2) is 6.10 Å². The zero-order valence-corrected chi connectivity index (χ0v) is 16.9. The Labute approximate surface area is 176 Å². The summed E-state index contributed by atoms with van der Waals surface area (Å²) < 4.78 is 33.6. The van der Waals surface area contributed by atoms with Gasteiger partial charge in [0.2, 0.25) is 5.88 Å². The zero-order valence-electron chi connectivity index (χ0n) is 16.0. The first-order valence-electron chi connectivity index (χ1n) is 9.42. The second-order valence-electron chi connectivity index (χ2n) is 6.62. The molecule has 4 aromatic rings. The van der Waals surface area contributed by atoms with Gasteiger partial charge in [-0.3, -0.25) is 4.72 Å². The molecule has 0 atom stereocenters.